The Balaban J connectivity index is 2.13. The predicted molar refractivity (Wildman–Crippen MR) is 144 cm³/mol. The maximum absolute atomic E-state index is 12.9. The van der Waals surface area contributed by atoms with Gasteiger partial charge in [-0.15, -0.1) is 0 Å². The summed E-state index contributed by atoms with van der Waals surface area (Å²) >= 11 is 0. The minimum absolute atomic E-state index is 0.184. The van der Waals surface area contributed by atoms with Gasteiger partial charge in [0.15, 0.2) is 5.75 Å². The van der Waals surface area contributed by atoms with E-state index in [1.807, 2.05) is 12.1 Å². The van der Waals surface area contributed by atoms with Gasteiger partial charge in [-0.2, -0.15) is 0 Å². The maximum atomic E-state index is 12.9. The highest BCUT2D eigenvalue weighted by atomic mass is 16.6. The minimum Gasteiger partial charge on any atom is -0.460 e. The number of esters is 2. The average molecular weight is 510 g/mol. The molecule has 0 heterocycles. The standard InChI is InChI=1S/C30H39NO6/c1-6-7-8-9-10-13-23-16-18-24(19-17-23)29(33)31-25-14-11-12-15-26(25)37-27(30(34)36-22(4)5)20-28(32)35-21(2)3/h11-12,14-22H,6-10,13H2,1-5H3,(H,31,33)/b27-20-. The number of amides is 1. The number of rotatable bonds is 14. The number of hydrogen-bond donors (Lipinski definition) is 1. The fourth-order valence-corrected chi connectivity index (χ4v) is 3.50. The van der Waals surface area contributed by atoms with Gasteiger partial charge in [0.25, 0.3) is 5.91 Å². The second-order valence-corrected chi connectivity index (χ2v) is 9.36. The summed E-state index contributed by atoms with van der Waals surface area (Å²) in [6.07, 6.45) is 7.24. The van der Waals surface area contributed by atoms with Gasteiger partial charge in [-0.05, 0) is 70.4 Å². The van der Waals surface area contributed by atoms with Crippen molar-refractivity contribution in [2.45, 2.75) is 85.4 Å². The lowest BCUT2D eigenvalue weighted by Crippen LogP contribution is -2.20. The SMILES string of the molecule is CCCCCCCc1ccc(C(=O)Nc2ccccc2O/C(=C\C(=O)OC(C)C)C(=O)OC(C)C)cc1. The van der Waals surface area contributed by atoms with Crippen LogP contribution in [0.15, 0.2) is 60.4 Å². The van der Waals surface area contributed by atoms with E-state index in [0.29, 0.717) is 11.3 Å². The molecule has 0 saturated carbocycles. The van der Waals surface area contributed by atoms with Gasteiger partial charge in [-0.1, -0.05) is 56.9 Å². The molecule has 200 valence electrons. The monoisotopic (exact) mass is 509 g/mol. The highest BCUT2D eigenvalue weighted by molar-refractivity contribution is 6.05. The molecule has 0 aromatic heterocycles. The van der Waals surface area contributed by atoms with Crippen molar-refractivity contribution in [3.63, 3.8) is 0 Å². The molecule has 0 aliphatic heterocycles. The molecule has 2 aromatic carbocycles. The van der Waals surface area contributed by atoms with Crippen molar-refractivity contribution in [1.29, 1.82) is 0 Å². The smallest absolute Gasteiger partial charge is 0.374 e. The van der Waals surface area contributed by atoms with Gasteiger partial charge < -0.3 is 19.5 Å². The third-order valence-corrected chi connectivity index (χ3v) is 5.29. The highest BCUT2D eigenvalue weighted by Gasteiger charge is 2.20. The molecular weight excluding hydrogens is 470 g/mol. The predicted octanol–water partition coefficient (Wildman–Crippen LogP) is 6.62. The lowest BCUT2D eigenvalue weighted by molar-refractivity contribution is -0.147. The molecule has 0 atom stereocenters. The van der Waals surface area contributed by atoms with Crippen LogP contribution < -0.4 is 10.1 Å². The summed E-state index contributed by atoms with van der Waals surface area (Å²) in [7, 11) is 0. The van der Waals surface area contributed by atoms with Crippen molar-refractivity contribution in [2.24, 2.45) is 0 Å². The lowest BCUT2D eigenvalue weighted by Gasteiger charge is -2.15. The summed E-state index contributed by atoms with van der Waals surface area (Å²) in [5.41, 5.74) is 2.04. The summed E-state index contributed by atoms with van der Waals surface area (Å²) in [4.78, 5) is 37.7. The van der Waals surface area contributed by atoms with Crippen molar-refractivity contribution in [1.82, 2.24) is 0 Å². The Morgan fingerprint density at radius 2 is 1.49 bits per heavy atom. The highest BCUT2D eigenvalue weighted by Crippen LogP contribution is 2.27. The number of carbonyl (C=O) groups excluding carboxylic acids is 3. The topological polar surface area (TPSA) is 90.9 Å². The van der Waals surface area contributed by atoms with Crippen LogP contribution in [0.2, 0.25) is 0 Å². The molecule has 37 heavy (non-hydrogen) atoms. The number of carbonyl (C=O) groups is 3. The van der Waals surface area contributed by atoms with Gasteiger partial charge in [-0.3, -0.25) is 4.79 Å². The van der Waals surface area contributed by atoms with Crippen LogP contribution in [0.1, 0.15) is 82.6 Å². The number of nitrogens with one attached hydrogen (secondary N) is 1. The number of anilines is 1. The second-order valence-electron chi connectivity index (χ2n) is 9.36. The van der Waals surface area contributed by atoms with E-state index < -0.39 is 18.0 Å². The molecule has 2 rings (SSSR count). The molecule has 7 nitrogen and oxygen atoms in total. The third-order valence-electron chi connectivity index (χ3n) is 5.29. The normalized spacial score (nSPS) is 11.4. The first-order chi connectivity index (χ1) is 17.7. The number of aryl methyl sites for hydroxylation is 1. The second kappa shape index (κ2) is 15.5. The quantitative estimate of drug-likeness (QED) is 0.133. The van der Waals surface area contributed by atoms with E-state index in [1.165, 1.54) is 31.2 Å². The van der Waals surface area contributed by atoms with E-state index in [0.717, 1.165) is 18.9 Å². The van der Waals surface area contributed by atoms with Crippen LogP contribution in [0.4, 0.5) is 5.69 Å². The van der Waals surface area contributed by atoms with Crippen LogP contribution >= 0.6 is 0 Å². The molecule has 2 aromatic rings. The molecule has 0 aliphatic carbocycles. The van der Waals surface area contributed by atoms with Crippen molar-refractivity contribution in [3.05, 3.63) is 71.5 Å². The van der Waals surface area contributed by atoms with Crippen LogP contribution in [0.5, 0.6) is 5.75 Å². The Morgan fingerprint density at radius 3 is 2.14 bits per heavy atom. The van der Waals surface area contributed by atoms with Crippen LogP contribution in [0.25, 0.3) is 0 Å². The average Bonchev–Trinajstić information content (AvgIpc) is 2.84. The number of unbranched alkanes of at least 4 members (excludes halogenated alkanes) is 4. The zero-order chi connectivity index (χ0) is 27.2. The molecule has 0 unspecified atom stereocenters. The molecule has 1 N–H and O–H groups in total. The zero-order valence-electron chi connectivity index (χ0n) is 22.5. The molecule has 0 bridgehead atoms. The summed E-state index contributed by atoms with van der Waals surface area (Å²) in [5.74, 6) is -2.03. The first-order valence-electron chi connectivity index (χ1n) is 13.0. The Bertz CT molecular complexity index is 1060. The van der Waals surface area contributed by atoms with E-state index in [4.69, 9.17) is 14.2 Å². The fraction of sp³-hybridized carbons (Fsp3) is 0.433. The molecule has 0 spiro atoms. The van der Waals surface area contributed by atoms with Gasteiger partial charge in [0.05, 0.1) is 24.0 Å². The third kappa shape index (κ3) is 10.9. The fourth-order valence-electron chi connectivity index (χ4n) is 3.50. The van der Waals surface area contributed by atoms with Crippen LogP contribution in [-0.4, -0.2) is 30.1 Å². The van der Waals surface area contributed by atoms with Crippen LogP contribution in [0, 0.1) is 0 Å². The molecule has 0 saturated heterocycles. The zero-order valence-corrected chi connectivity index (χ0v) is 22.5. The molecule has 0 fully saturated rings. The van der Waals surface area contributed by atoms with Crippen molar-refractivity contribution in [2.75, 3.05) is 5.32 Å². The first-order valence-corrected chi connectivity index (χ1v) is 13.0. The number of benzene rings is 2. The first kappa shape index (κ1) is 29.6. The summed E-state index contributed by atoms with van der Waals surface area (Å²) in [6.45, 7) is 8.98. The maximum Gasteiger partial charge on any atom is 0.374 e. The Kier molecular flexibility index (Phi) is 12.4. The van der Waals surface area contributed by atoms with E-state index in [9.17, 15) is 14.4 Å². The Hall–Kier alpha value is -3.61. The molecule has 7 heteroatoms. The Morgan fingerprint density at radius 1 is 0.838 bits per heavy atom. The lowest BCUT2D eigenvalue weighted by atomic mass is 10.0. The van der Waals surface area contributed by atoms with Gasteiger partial charge in [0, 0.05) is 5.56 Å². The number of para-hydroxylation sites is 2. The largest absolute Gasteiger partial charge is 0.460 e. The summed E-state index contributed by atoms with van der Waals surface area (Å²) in [5, 5.41) is 2.82. The van der Waals surface area contributed by atoms with Gasteiger partial charge in [0.2, 0.25) is 5.76 Å². The van der Waals surface area contributed by atoms with Crippen molar-refractivity contribution < 1.29 is 28.6 Å². The van der Waals surface area contributed by atoms with E-state index in [-0.39, 0.29) is 23.5 Å². The number of hydrogen-bond acceptors (Lipinski definition) is 6. The van der Waals surface area contributed by atoms with Crippen LogP contribution in [0.3, 0.4) is 0 Å². The Labute approximate surface area is 220 Å². The van der Waals surface area contributed by atoms with Gasteiger partial charge in [-0.25, -0.2) is 9.59 Å². The van der Waals surface area contributed by atoms with Gasteiger partial charge >= 0.3 is 11.9 Å². The van der Waals surface area contributed by atoms with E-state index in [1.54, 1.807) is 64.1 Å². The minimum atomic E-state index is -0.817. The summed E-state index contributed by atoms with van der Waals surface area (Å²) in [6, 6.07) is 14.2. The summed E-state index contributed by atoms with van der Waals surface area (Å²) < 4.78 is 16.1. The molecule has 0 radical (unpaired) electrons. The molecular formula is C30H39NO6. The van der Waals surface area contributed by atoms with Crippen LogP contribution in [-0.2, 0) is 25.5 Å². The van der Waals surface area contributed by atoms with Gasteiger partial charge in [0.1, 0.15) is 0 Å². The number of ether oxygens (including phenoxy) is 3. The van der Waals surface area contributed by atoms with Crippen molar-refractivity contribution in [3.8, 4) is 5.75 Å². The molecule has 1 amide bonds. The van der Waals surface area contributed by atoms with E-state index >= 15 is 0 Å². The van der Waals surface area contributed by atoms with Crippen molar-refractivity contribution >= 4 is 23.5 Å². The van der Waals surface area contributed by atoms with E-state index in [2.05, 4.69) is 12.2 Å². The molecule has 0 aliphatic rings.